The van der Waals surface area contributed by atoms with Crippen molar-refractivity contribution in [1.29, 1.82) is 0 Å². The van der Waals surface area contributed by atoms with Crippen LogP contribution in [0.2, 0.25) is 5.02 Å². The van der Waals surface area contributed by atoms with Gasteiger partial charge < -0.3 is 5.32 Å². The van der Waals surface area contributed by atoms with Crippen molar-refractivity contribution in [3.8, 4) is 0 Å². The van der Waals surface area contributed by atoms with Crippen molar-refractivity contribution in [3.63, 3.8) is 0 Å². The van der Waals surface area contributed by atoms with E-state index in [4.69, 9.17) is 11.6 Å². The molecule has 1 aromatic rings. The van der Waals surface area contributed by atoms with Crippen molar-refractivity contribution < 1.29 is 17.6 Å². The molecule has 0 aromatic heterocycles. The third-order valence-electron chi connectivity index (χ3n) is 4.09. The van der Waals surface area contributed by atoms with Crippen LogP contribution in [0, 0.1) is 11.7 Å². The van der Waals surface area contributed by atoms with E-state index in [-0.39, 0.29) is 34.8 Å². The number of halogens is 2. The number of rotatable bonds is 4. The number of benzene rings is 1. The molecule has 23 heavy (non-hydrogen) atoms. The summed E-state index contributed by atoms with van der Waals surface area (Å²) in [4.78, 5) is 12.3. The zero-order chi connectivity index (χ0) is 17.3. The Hall–Kier alpha value is -1.14. The van der Waals surface area contributed by atoms with Gasteiger partial charge in [-0.3, -0.25) is 4.79 Å². The van der Waals surface area contributed by atoms with E-state index in [0.29, 0.717) is 12.0 Å². The normalized spacial score (nSPS) is 21.0. The van der Waals surface area contributed by atoms with Crippen molar-refractivity contribution in [3.05, 3.63) is 34.6 Å². The molecule has 1 heterocycles. The van der Waals surface area contributed by atoms with Gasteiger partial charge in [0.05, 0.1) is 17.0 Å². The van der Waals surface area contributed by atoms with E-state index in [1.807, 2.05) is 0 Å². The minimum atomic E-state index is -3.03. The first kappa shape index (κ1) is 18.2. The Morgan fingerprint density at radius 1 is 1.43 bits per heavy atom. The molecule has 1 atom stereocenters. The van der Waals surface area contributed by atoms with Crippen molar-refractivity contribution >= 4 is 27.3 Å². The van der Waals surface area contributed by atoms with Gasteiger partial charge in [-0.15, -0.1) is 0 Å². The molecule has 0 aliphatic carbocycles. The lowest BCUT2D eigenvalue weighted by molar-refractivity contribution is -0.123. The predicted molar refractivity (Wildman–Crippen MR) is 88.6 cm³/mol. The van der Waals surface area contributed by atoms with Crippen LogP contribution >= 0.6 is 11.6 Å². The van der Waals surface area contributed by atoms with Crippen LogP contribution < -0.4 is 5.32 Å². The van der Waals surface area contributed by atoms with Gasteiger partial charge in [0.15, 0.2) is 9.84 Å². The molecule has 1 saturated heterocycles. The highest BCUT2D eigenvalue weighted by Crippen LogP contribution is 2.29. The summed E-state index contributed by atoms with van der Waals surface area (Å²) in [6.07, 6.45) is 1.51. The summed E-state index contributed by atoms with van der Waals surface area (Å²) in [5.74, 6) is -0.529. The topological polar surface area (TPSA) is 63.2 Å². The van der Waals surface area contributed by atoms with Crippen LogP contribution in [-0.4, -0.2) is 25.8 Å². The zero-order valence-electron chi connectivity index (χ0n) is 13.2. The third-order valence-corrected chi connectivity index (χ3v) is 6.29. The fourth-order valence-electron chi connectivity index (χ4n) is 3.00. The van der Waals surface area contributed by atoms with Crippen molar-refractivity contribution in [2.75, 3.05) is 11.5 Å². The molecule has 0 spiro atoms. The minimum absolute atomic E-state index is 0.0676. The van der Waals surface area contributed by atoms with E-state index in [9.17, 15) is 17.6 Å². The molecular formula is C16H21ClFNO3S. The number of hydrogen-bond donors (Lipinski definition) is 1. The van der Waals surface area contributed by atoms with E-state index >= 15 is 0 Å². The third kappa shape index (κ3) is 4.91. The summed E-state index contributed by atoms with van der Waals surface area (Å²) in [6, 6.07) is 4.05. The molecule has 1 fully saturated rings. The van der Waals surface area contributed by atoms with Gasteiger partial charge in [-0.1, -0.05) is 17.7 Å². The van der Waals surface area contributed by atoms with Crippen molar-refractivity contribution in [2.24, 2.45) is 5.92 Å². The summed E-state index contributed by atoms with van der Waals surface area (Å²) in [6.45, 7) is 3.56. The van der Waals surface area contributed by atoms with Gasteiger partial charge >= 0.3 is 0 Å². The molecule has 4 nitrogen and oxygen atoms in total. The van der Waals surface area contributed by atoms with E-state index < -0.39 is 21.2 Å². The SMILES string of the molecule is CC(C)(NC(=O)CC1CCCS(=O)(=O)C1)c1ccc(F)cc1Cl. The Balaban J connectivity index is 2.03. The monoisotopic (exact) mass is 361 g/mol. The van der Waals surface area contributed by atoms with Crippen molar-refractivity contribution in [2.45, 2.75) is 38.6 Å². The van der Waals surface area contributed by atoms with Gasteiger partial charge in [0.25, 0.3) is 0 Å². The number of nitrogens with one attached hydrogen (secondary N) is 1. The molecule has 1 N–H and O–H groups in total. The fraction of sp³-hybridized carbons (Fsp3) is 0.562. The number of hydrogen-bond acceptors (Lipinski definition) is 3. The number of sulfone groups is 1. The predicted octanol–water partition coefficient (Wildman–Crippen LogP) is 3.05. The molecule has 0 radical (unpaired) electrons. The van der Waals surface area contributed by atoms with Gasteiger partial charge in [-0.05, 0) is 50.3 Å². The molecule has 2 rings (SSSR count). The van der Waals surface area contributed by atoms with Crippen LogP contribution in [0.4, 0.5) is 4.39 Å². The summed E-state index contributed by atoms with van der Waals surface area (Å²) in [5.41, 5.74) is -0.153. The molecule has 0 bridgehead atoms. The second-order valence-corrected chi connectivity index (χ2v) is 9.26. The first-order valence-electron chi connectivity index (χ1n) is 7.56. The Morgan fingerprint density at radius 3 is 2.74 bits per heavy atom. The van der Waals surface area contributed by atoms with E-state index in [2.05, 4.69) is 5.32 Å². The highest BCUT2D eigenvalue weighted by molar-refractivity contribution is 7.91. The standard InChI is InChI=1S/C16H21ClFNO3S/c1-16(2,13-6-5-12(18)9-14(13)17)19-15(20)8-11-4-3-7-23(21,22)10-11/h5-6,9,11H,3-4,7-8,10H2,1-2H3,(H,19,20). The number of carbonyl (C=O) groups excluding carboxylic acids is 1. The zero-order valence-corrected chi connectivity index (χ0v) is 14.8. The molecule has 1 aliphatic rings. The smallest absolute Gasteiger partial charge is 0.220 e. The minimum Gasteiger partial charge on any atom is -0.347 e. The maximum atomic E-state index is 13.2. The Labute approximate surface area is 141 Å². The van der Waals surface area contributed by atoms with Crippen LogP contribution in [0.15, 0.2) is 18.2 Å². The summed E-state index contributed by atoms with van der Waals surface area (Å²) in [5, 5.41) is 3.11. The van der Waals surface area contributed by atoms with Gasteiger partial charge in [0, 0.05) is 11.4 Å². The summed E-state index contributed by atoms with van der Waals surface area (Å²) >= 11 is 6.06. The van der Waals surface area contributed by atoms with Crippen LogP contribution in [0.5, 0.6) is 0 Å². The number of carbonyl (C=O) groups is 1. The molecule has 1 aromatic carbocycles. The lowest BCUT2D eigenvalue weighted by Crippen LogP contribution is -2.42. The number of amides is 1. The first-order chi connectivity index (χ1) is 10.6. The second kappa shape index (κ2) is 6.77. The fourth-order valence-corrected chi connectivity index (χ4v) is 5.18. The molecule has 0 saturated carbocycles. The van der Waals surface area contributed by atoms with Gasteiger partial charge in [-0.2, -0.15) is 0 Å². The van der Waals surface area contributed by atoms with E-state index in [1.54, 1.807) is 19.9 Å². The largest absolute Gasteiger partial charge is 0.347 e. The second-order valence-electron chi connectivity index (χ2n) is 6.62. The van der Waals surface area contributed by atoms with Crippen molar-refractivity contribution in [1.82, 2.24) is 5.32 Å². The van der Waals surface area contributed by atoms with Gasteiger partial charge in [0.2, 0.25) is 5.91 Å². The molecule has 1 unspecified atom stereocenters. The molecule has 1 aliphatic heterocycles. The Bertz CT molecular complexity index is 703. The molecule has 1 amide bonds. The Morgan fingerprint density at radius 2 is 2.13 bits per heavy atom. The highest BCUT2D eigenvalue weighted by Gasteiger charge is 2.30. The maximum Gasteiger partial charge on any atom is 0.220 e. The van der Waals surface area contributed by atoms with E-state index in [1.165, 1.54) is 12.1 Å². The van der Waals surface area contributed by atoms with Crippen LogP contribution in [0.25, 0.3) is 0 Å². The quantitative estimate of drug-likeness (QED) is 0.896. The molecular weight excluding hydrogens is 341 g/mol. The van der Waals surface area contributed by atoms with Gasteiger partial charge in [-0.25, -0.2) is 12.8 Å². The molecule has 7 heteroatoms. The van der Waals surface area contributed by atoms with Gasteiger partial charge in [0.1, 0.15) is 5.82 Å². The Kier molecular flexibility index (Phi) is 5.36. The maximum absolute atomic E-state index is 13.2. The van der Waals surface area contributed by atoms with Crippen LogP contribution in [0.1, 0.15) is 38.7 Å². The average Bonchev–Trinajstić information content (AvgIpc) is 2.35. The lowest BCUT2D eigenvalue weighted by Gasteiger charge is -2.29. The first-order valence-corrected chi connectivity index (χ1v) is 9.76. The van der Waals surface area contributed by atoms with Crippen LogP contribution in [-0.2, 0) is 20.2 Å². The summed E-state index contributed by atoms with van der Waals surface area (Å²) in [7, 11) is -3.03. The lowest BCUT2D eigenvalue weighted by atomic mass is 9.93. The summed E-state index contributed by atoms with van der Waals surface area (Å²) < 4.78 is 36.4. The van der Waals surface area contributed by atoms with Crippen LogP contribution in [0.3, 0.4) is 0 Å². The van der Waals surface area contributed by atoms with E-state index in [0.717, 1.165) is 6.42 Å². The molecule has 128 valence electrons. The average molecular weight is 362 g/mol. The highest BCUT2D eigenvalue weighted by atomic mass is 35.5.